The van der Waals surface area contributed by atoms with Crippen LogP contribution in [0, 0.1) is 5.92 Å². The van der Waals surface area contributed by atoms with E-state index in [2.05, 4.69) is 11.9 Å². The Kier molecular flexibility index (Phi) is 9.05. The molecule has 1 saturated carbocycles. The van der Waals surface area contributed by atoms with E-state index in [9.17, 15) is 15.0 Å². The number of rotatable bonds is 13. The largest absolute Gasteiger partial charge is 0.491 e. The third-order valence-electron chi connectivity index (χ3n) is 5.40. The Bertz CT molecular complexity index is 626. The summed E-state index contributed by atoms with van der Waals surface area (Å²) in [4.78, 5) is 16.0. The number of carboxylic acids is 1. The van der Waals surface area contributed by atoms with Crippen LogP contribution in [-0.2, 0) is 11.2 Å². The Morgan fingerprint density at radius 1 is 1.50 bits per heavy atom. The molecule has 6 nitrogen and oxygen atoms in total. The molecule has 7 heteroatoms. The SMILES string of the molecule is CCCC[C@@H](C)Oc1ccnc(C[C@](O)(C(=O)O)[C@@H](N)CSCC2CCC2)c1. The second-order valence-electron chi connectivity index (χ2n) is 7.90. The number of pyridine rings is 1. The molecule has 28 heavy (non-hydrogen) atoms. The van der Waals surface area contributed by atoms with Gasteiger partial charge in [-0.25, -0.2) is 4.79 Å². The number of unbranched alkanes of at least 4 members (excludes halogenated alkanes) is 1. The van der Waals surface area contributed by atoms with Gasteiger partial charge in [-0.3, -0.25) is 4.98 Å². The molecule has 1 aromatic heterocycles. The number of thioether (sulfide) groups is 1. The highest BCUT2D eigenvalue weighted by Gasteiger charge is 2.43. The third-order valence-corrected chi connectivity index (χ3v) is 6.70. The van der Waals surface area contributed by atoms with Gasteiger partial charge in [-0.05, 0) is 43.9 Å². The summed E-state index contributed by atoms with van der Waals surface area (Å²) in [6.07, 6.45) is 8.40. The van der Waals surface area contributed by atoms with Gasteiger partial charge in [0.25, 0.3) is 0 Å². The van der Waals surface area contributed by atoms with Gasteiger partial charge in [0.15, 0.2) is 5.60 Å². The van der Waals surface area contributed by atoms with Gasteiger partial charge in [-0.15, -0.1) is 0 Å². The van der Waals surface area contributed by atoms with E-state index in [1.165, 1.54) is 19.3 Å². The fourth-order valence-corrected chi connectivity index (χ4v) is 4.54. The van der Waals surface area contributed by atoms with E-state index < -0.39 is 17.6 Å². The molecular formula is C21H34N2O4S. The Morgan fingerprint density at radius 2 is 2.25 bits per heavy atom. The van der Waals surface area contributed by atoms with Gasteiger partial charge in [0.2, 0.25) is 0 Å². The number of carbonyl (C=O) groups is 1. The zero-order valence-corrected chi connectivity index (χ0v) is 17.8. The molecule has 0 aromatic carbocycles. The molecule has 1 aromatic rings. The first-order valence-corrected chi connectivity index (χ1v) is 11.4. The van der Waals surface area contributed by atoms with Crippen LogP contribution in [0.5, 0.6) is 5.75 Å². The van der Waals surface area contributed by atoms with Gasteiger partial charge in [-0.1, -0.05) is 26.2 Å². The lowest BCUT2D eigenvalue weighted by atomic mass is 9.87. The van der Waals surface area contributed by atoms with Crippen LogP contribution in [-0.4, -0.2) is 50.4 Å². The molecular weight excluding hydrogens is 376 g/mol. The highest BCUT2D eigenvalue weighted by atomic mass is 32.2. The normalized spacial score (nSPS) is 18.7. The van der Waals surface area contributed by atoms with Crippen LogP contribution < -0.4 is 10.5 Å². The van der Waals surface area contributed by atoms with Gasteiger partial charge in [-0.2, -0.15) is 11.8 Å². The van der Waals surface area contributed by atoms with Crippen LogP contribution in [0.2, 0.25) is 0 Å². The first-order valence-electron chi connectivity index (χ1n) is 10.3. The van der Waals surface area contributed by atoms with Crippen LogP contribution >= 0.6 is 11.8 Å². The van der Waals surface area contributed by atoms with Crippen molar-refractivity contribution in [2.75, 3.05) is 11.5 Å². The monoisotopic (exact) mass is 410 g/mol. The summed E-state index contributed by atoms with van der Waals surface area (Å²) < 4.78 is 5.90. The molecule has 0 unspecified atom stereocenters. The molecule has 158 valence electrons. The summed E-state index contributed by atoms with van der Waals surface area (Å²) in [5.74, 6) is 1.41. The molecule has 0 bridgehead atoms. The summed E-state index contributed by atoms with van der Waals surface area (Å²) >= 11 is 1.63. The number of hydrogen-bond donors (Lipinski definition) is 3. The molecule has 0 radical (unpaired) electrons. The lowest BCUT2D eigenvalue weighted by Crippen LogP contribution is -2.57. The third kappa shape index (κ3) is 6.64. The van der Waals surface area contributed by atoms with Crippen LogP contribution in [0.15, 0.2) is 18.3 Å². The Hall–Kier alpha value is -1.31. The van der Waals surface area contributed by atoms with Crippen molar-refractivity contribution in [2.24, 2.45) is 11.7 Å². The summed E-state index contributed by atoms with van der Waals surface area (Å²) in [6, 6.07) is 2.58. The standard InChI is InChI=1S/C21H34N2O4S/c1-3-4-6-15(2)27-18-9-10-23-17(11-18)12-21(26,20(24)25)19(22)14-28-13-16-7-5-8-16/h9-11,15-16,19,26H,3-8,12-14,22H2,1-2H3,(H,24,25)/t15-,19+,21-/m1/s1. The number of aliphatic carboxylic acids is 1. The van der Waals surface area contributed by atoms with Gasteiger partial charge >= 0.3 is 5.97 Å². The van der Waals surface area contributed by atoms with Crippen LogP contribution in [0.25, 0.3) is 0 Å². The number of aliphatic hydroxyl groups is 1. The average molecular weight is 411 g/mol. The zero-order chi connectivity index (χ0) is 20.6. The Morgan fingerprint density at radius 3 is 2.86 bits per heavy atom. The van der Waals surface area contributed by atoms with Crippen LogP contribution in [0.3, 0.4) is 0 Å². The summed E-state index contributed by atoms with van der Waals surface area (Å²) in [7, 11) is 0. The molecule has 0 spiro atoms. The number of nitrogens with two attached hydrogens (primary N) is 1. The maximum absolute atomic E-state index is 11.8. The van der Waals surface area contributed by atoms with Crippen molar-refractivity contribution in [1.82, 2.24) is 4.98 Å². The van der Waals surface area contributed by atoms with Crippen molar-refractivity contribution in [1.29, 1.82) is 0 Å². The first-order chi connectivity index (χ1) is 13.3. The van der Waals surface area contributed by atoms with Crippen molar-refractivity contribution in [3.63, 3.8) is 0 Å². The molecule has 3 atom stereocenters. The van der Waals surface area contributed by atoms with Crippen molar-refractivity contribution < 1.29 is 19.7 Å². The van der Waals surface area contributed by atoms with Gasteiger partial charge in [0.05, 0.1) is 12.1 Å². The summed E-state index contributed by atoms with van der Waals surface area (Å²) in [5.41, 5.74) is 4.52. The van der Waals surface area contributed by atoms with E-state index in [-0.39, 0.29) is 12.5 Å². The molecule has 0 amide bonds. The Labute approximate surface area is 172 Å². The topological polar surface area (TPSA) is 106 Å². The molecule has 0 saturated heterocycles. The molecule has 0 aliphatic heterocycles. The van der Waals surface area contributed by atoms with Gasteiger partial charge in [0, 0.05) is 30.1 Å². The number of nitrogens with zero attached hydrogens (tertiary/aromatic N) is 1. The molecule has 1 heterocycles. The van der Waals surface area contributed by atoms with E-state index in [0.29, 0.717) is 23.1 Å². The maximum atomic E-state index is 11.8. The number of ether oxygens (including phenoxy) is 1. The van der Waals surface area contributed by atoms with Crippen LogP contribution in [0.1, 0.15) is 58.1 Å². The zero-order valence-electron chi connectivity index (χ0n) is 17.0. The van der Waals surface area contributed by atoms with Crippen LogP contribution in [0.4, 0.5) is 0 Å². The number of carboxylic acid groups (broad SMARTS) is 1. The van der Waals surface area contributed by atoms with E-state index in [4.69, 9.17) is 10.5 Å². The fraction of sp³-hybridized carbons (Fsp3) is 0.714. The second-order valence-corrected chi connectivity index (χ2v) is 8.98. The van der Waals surface area contributed by atoms with E-state index in [1.807, 2.05) is 6.92 Å². The minimum atomic E-state index is -2.05. The van der Waals surface area contributed by atoms with E-state index >= 15 is 0 Å². The minimum Gasteiger partial charge on any atom is -0.491 e. The molecule has 4 N–H and O–H groups in total. The first kappa shape index (κ1) is 23.0. The smallest absolute Gasteiger partial charge is 0.337 e. The highest BCUT2D eigenvalue weighted by Crippen LogP contribution is 2.30. The second kappa shape index (κ2) is 11.0. The number of aromatic nitrogens is 1. The lowest BCUT2D eigenvalue weighted by molar-refractivity contribution is -0.160. The maximum Gasteiger partial charge on any atom is 0.337 e. The lowest BCUT2D eigenvalue weighted by Gasteiger charge is -2.31. The predicted molar refractivity (Wildman–Crippen MR) is 113 cm³/mol. The average Bonchev–Trinajstić information content (AvgIpc) is 2.61. The fourth-order valence-electron chi connectivity index (χ4n) is 3.21. The summed E-state index contributed by atoms with van der Waals surface area (Å²) in [6.45, 7) is 4.15. The molecule has 1 fully saturated rings. The van der Waals surface area contributed by atoms with E-state index in [0.717, 1.165) is 25.0 Å². The molecule has 1 aliphatic rings. The molecule has 1 aliphatic carbocycles. The van der Waals surface area contributed by atoms with E-state index in [1.54, 1.807) is 30.1 Å². The van der Waals surface area contributed by atoms with Crippen molar-refractivity contribution >= 4 is 17.7 Å². The molecule has 2 rings (SSSR count). The quantitative estimate of drug-likeness (QED) is 0.458. The van der Waals surface area contributed by atoms with Gasteiger partial charge in [0.1, 0.15) is 5.75 Å². The summed E-state index contributed by atoms with van der Waals surface area (Å²) in [5, 5.41) is 20.5. The number of hydrogen-bond acceptors (Lipinski definition) is 6. The highest BCUT2D eigenvalue weighted by molar-refractivity contribution is 7.99. The Balaban J connectivity index is 1.97. The van der Waals surface area contributed by atoms with Crippen molar-refractivity contribution in [2.45, 2.75) is 76.5 Å². The van der Waals surface area contributed by atoms with Crippen molar-refractivity contribution in [3.05, 3.63) is 24.0 Å². The van der Waals surface area contributed by atoms with Crippen molar-refractivity contribution in [3.8, 4) is 5.75 Å². The predicted octanol–water partition coefficient (Wildman–Crippen LogP) is 3.26. The minimum absolute atomic E-state index is 0.0683. The van der Waals surface area contributed by atoms with Gasteiger partial charge < -0.3 is 20.7 Å².